The van der Waals surface area contributed by atoms with Gasteiger partial charge in [-0.25, -0.2) is 15.0 Å². The monoisotopic (exact) mass is 369 g/mol. The Labute approximate surface area is 161 Å². The van der Waals surface area contributed by atoms with Gasteiger partial charge in [-0.1, -0.05) is 6.07 Å². The molecule has 0 radical (unpaired) electrons. The SMILES string of the molecule is COc1cc(-c2cnc3[nH]cc(-c4ccc5ncn(C)c5c4)c3c2)cc(C)n1. The van der Waals surface area contributed by atoms with Crippen molar-refractivity contribution < 1.29 is 4.74 Å². The number of ether oxygens (including phenoxy) is 1. The maximum absolute atomic E-state index is 5.32. The molecule has 0 saturated carbocycles. The van der Waals surface area contributed by atoms with Gasteiger partial charge in [0.25, 0.3) is 0 Å². The Morgan fingerprint density at radius 3 is 2.75 bits per heavy atom. The van der Waals surface area contributed by atoms with Gasteiger partial charge in [0.15, 0.2) is 0 Å². The zero-order chi connectivity index (χ0) is 19.3. The molecule has 1 N–H and O–H groups in total. The van der Waals surface area contributed by atoms with Gasteiger partial charge in [0, 0.05) is 47.7 Å². The number of aromatic nitrogens is 5. The van der Waals surface area contributed by atoms with Crippen LogP contribution in [-0.4, -0.2) is 31.6 Å². The van der Waals surface area contributed by atoms with Crippen molar-refractivity contribution in [3.63, 3.8) is 0 Å². The molecule has 6 heteroatoms. The van der Waals surface area contributed by atoms with Crippen LogP contribution >= 0.6 is 0 Å². The summed E-state index contributed by atoms with van der Waals surface area (Å²) in [5.74, 6) is 0.603. The summed E-state index contributed by atoms with van der Waals surface area (Å²) >= 11 is 0. The van der Waals surface area contributed by atoms with E-state index in [1.54, 1.807) is 7.11 Å². The number of nitrogens with one attached hydrogen (secondary N) is 1. The lowest BCUT2D eigenvalue weighted by atomic mass is 10.0. The number of pyridine rings is 2. The van der Waals surface area contributed by atoms with Crippen LogP contribution in [0.2, 0.25) is 0 Å². The molecule has 0 atom stereocenters. The topological polar surface area (TPSA) is 68.6 Å². The van der Waals surface area contributed by atoms with E-state index in [-0.39, 0.29) is 0 Å². The Kier molecular flexibility index (Phi) is 3.65. The maximum Gasteiger partial charge on any atom is 0.213 e. The van der Waals surface area contributed by atoms with E-state index < -0.39 is 0 Å². The first-order valence-electron chi connectivity index (χ1n) is 9.04. The summed E-state index contributed by atoms with van der Waals surface area (Å²) in [4.78, 5) is 16.7. The number of imidazole rings is 1. The number of methoxy groups -OCH3 is 1. The lowest BCUT2D eigenvalue weighted by Crippen LogP contribution is -1.92. The lowest BCUT2D eigenvalue weighted by Gasteiger charge is -2.07. The van der Waals surface area contributed by atoms with Gasteiger partial charge < -0.3 is 14.3 Å². The Morgan fingerprint density at radius 2 is 1.89 bits per heavy atom. The summed E-state index contributed by atoms with van der Waals surface area (Å²) in [5.41, 5.74) is 8.17. The van der Waals surface area contributed by atoms with Crippen LogP contribution in [-0.2, 0) is 7.05 Å². The summed E-state index contributed by atoms with van der Waals surface area (Å²) in [7, 11) is 3.64. The molecule has 0 saturated heterocycles. The Bertz CT molecular complexity index is 1330. The third kappa shape index (κ3) is 2.62. The third-order valence-electron chi connectivity index (χ3n) is 5.04. The number of nitrogens with zero attached hydrogens (tertiary/aromatic N) is 4. The quantitative estimate of drug-likeness (QED) is 0.508. The summed E-state index contributed by atoms with van der Waals surface area (Å²) < 4.78 is 7.35. The highest BCUT2D eigenvalue weighted by atomic mass is 16.5. The predicted octanol–water partition coefficient (Wildman–Crippen LogP) is 4.50. The molecule has 0 amide bonds. The van der Waals surface area contributed by atoms with Crippen molar-refractivity contribution in [1.82, 2.24) is 24.5 Å². The van der Waals surface area contributed by atoms with E-state index in [1.165, 1.54) is 0 Å². The molecule has 4 aromatic heterocycles. The van der Waals surface area contributed by atoms with Crippen LogP contribution in [0.4, 0.5) is 0 Å². The minimum Gasteiger partial charge on any atom is -0.481 e. The van der Waals surface area contributed by atoms with Crippen molar-refractivity contribution in [1.29, 1.82) is 0 Å². The minimum absolute atomic E-state index is 0.603. The summed E-state index contributed by atoms with van der Waals surface area (Å²) in [6.07, 6.45) is 5.72. The molecular formula is C22H19N5O. The van der Waals surface area contributed by atoms with Crippen molar-refractivity contribution in [3.8, 4) is 28.1 Å². The highest BCUT2D eigenvalue weighted by Gasteiger charge is 2.12. The first kappa shape index (κ1) is 16.5. The molecule has 28 heavy (non-hydrogen) atoms. The van der Waals surface area contributed by atoms with Gasteiger partial charge in [-0.3, -0.25) is 0 Å². The third-order valence-corrected chi connectivity index (χ3v) is 5.04. The fourth-order valence-electron chi connectivity index (χ4n) is 3.60. The molecule has 6 nitrogen and oxygen atoms in total. The number of hydrogen-bond donors (Lipinski definition) is 1. The molecular weight excluding hydrogens is 350 g/mol. The number of aromatic amines is 1. The lowest BCUT2D eigenvalue weighted by molar-refractivity contribution is 0.397. The van der Waals surface area contributed by atoms with Gasteiger partial charge in [0.05, 0.1) is 24.5 Å². The number of benzene rings is 1. The van der Waals surface area contributed by atoms with Crippen molar-refractivity contribution in [2.24, 2.45) is 7.05 Å². The van der Waals surface area contributed by atoms with E-state index in [9.17, 15) is 0 Å². The van der Waals surface area contributed by atoms with Crippen LogP contribution in [0.15, 0.2) is 55.1 Å². The number of rotatable bonds is 3. The molecule has 0 spiro atoms. The first-order chi connectivity index (χ1) is 13.6. The normalized spacial score (nSPS) is 11.4. The van der Waals surface area contributed by atoms with E-state index in [4.69, 9.17) is 4.74 Å². The minimum atomic E-state index is 0.603. The number of hydrogen-bond acceptors (Lipinski definition) is 4. The largest absolute Gasteiger partial charge is 0.481 e. The standard InChI is InChI=1S/C22H19N5O/c1-13-6-15(9-21(26-13)28-3)16-7-17-18(11-24-22(17)23-10-16)14-4-5-19-20(8-14)27(2)12-25-19/h4-12H,1-3H3,(H,23,24). The second-order valence-corrected chi connectivity index (χ2v) is 6.92. The fraction of sp³-hybridized carbons (Fsp3) is 0.136. The van der Waals surface area contributed by atoms with Gasteiger partial charge in [-0.05, 0) is 42.3 Å². The second-order valence-electron chi connectivity index (χ2n) is 6.92. The average molecular weight is 369 g/mol. The van der Waals surface area contributed by atoms with Crippen LogP contribution in [0.5, 0.6) is 5.88 Å². The van der Waals surface area contributed by atoms with Gasteiger partial charge in [0.2, 0.25) is 5.88 Å². The molecule has 5 aromatic rings. The van der Waals surface area contributed by atoms with Crippen molar-refractivity contribution in [3.05, 3.63) is 60.8 Å². The Hall–Kier alpha value is -3.67. The molecule has 138 valence electrons. The highest BCUT2D eigenvalue weighted by Crippen LogP contribution is 2.33. The molecule has 0 aliphatic carbocycles. The van der Waals surface area contributed by atoms with E-state index >= 15 is 0 Å². The predicted molar refractivity (Wildman–Crippen MR) is 110 cm³/mol. The molecule has 5 rings (SSSR count). The van der Waals surface area contributed by atoms with Crippen LogP contribution in [0.25, 0.3) is 44.3 Å². The van der Waals surface area contributed by atoms with Crippen LogP contribution in [0.3, 0.4) is 0 Å². The molecule has 0 fully saturated rings. The van der Waals surface area contributed by atoms with Crippen molar-refractivity contribution in [2.75, 3.05) is 7.11 Å². The number of fused-ring (bicyclic) bond motifs is 2. The van der Waals surface area contributed by atoms with E-state index in [0.29, 0.717) is 5.88 Å². The van der Waals surface area contributed by atoms with Crippen LogP contribution in [0.1, 0.15) is 5.69 Å². The molecule has 0 aliphatic rings. The van der Waals surface area contributed by atoms with Crippen LogP contribution < -0.4 is 4.74 Å². The van der Waals surface area contributed by atoms with Crippen molar-refractivity contribution >= 4 is 22.1 Å². The zero-order valence-electron chi connectivity index (χ0n) is 15.9. The van der Waals surface area contributed by atoms with Gasteiger partial charge in [-0.15, -0.1) is 0 Å². The second kappa shape index (κ2) is 6.20. The van der Waals surface area contributed by atoms with E-state index in [0.717, 1.165) is 50.0 Å². The van der Waals surface area contributed by atoms with Gasteiger partial charge >= 0.3 is 0 Å². The van der Waals surface area contributed by atoms with Crippen LogP contribution in [0, 0.1) is 6.92 Å². The zero-order valence-corrected chi connectivity index (χ0v) is 15.9. The first-order valence-corrected chi connectivity index (χ1v) is 9.04. The van der Waals surface area contributed by atoms with Gasteiger partial charge in [0.1, 0.15) is 5.65 Å². The molecule has 0 unspecified atom stereocenters. The summed E-state index contributed by atoms with van der Waals surface area (Å²) in [6, 6.07) is 12.5. The van der Waals surface area contributed by atoms with E-state index in [2.05, 4.69) is 44.2 Å². The Morgan fingerprint density at radius 1 is 1.00 bits per heavy atom. The summed E-state index contributed by atoms with van der Waals surface area (Å²) in [5, 5.41) is 1.08. The molecule has 0 bridgehead atoms. The smallest absolute Gasteiger partial charge is 0.213 e. The molecule has 0 aliphatic heterocycles. The van der Waals surface area contributed by atoms with Crippen molar-refractivity contribution in [2.45, 2.75) is 6.92 Å². The maximum atomic E-state index is 5.32. The average Bonchev–Trinajstić information content (AvgIpc) is 3.30. The number of aryl methyl sites for hydroxylation is 2. The van der Waals surface area contributed by atoms with Gasteiger partial charge in [-0.2, -0.15) is 0 Å². The highest BCUT2D eigenvalue weighted by molar-refractivity contribution is 5.97. The Balaban J connectivity index is 1.68. The summed E-state index contributed by atoms with van der Waals surface area (Å²) in [6.45, 7) is 1.96. The van der Waals surface area contributed by atoms with E-state index in [1.807, 2.05) is 49.4 Å². The molecule has 4 heterocycles. The fourth-order valence-corrected chi connectivity index (χ4v) is 3.60. The number of H-pyrrole nitrogens is 1. The molecule has 1 aromatic carbocycles.